The van der Waals surface area contributed by atoms with E-state index in [-0.39, 0.29) is 6.42 Å². The number of rotatable bonds is 5. The second-order valence-electron chi connectivity index (χ2n) is 5.71. The van der Waals surface area contributed by atoms with Crippen LogP contribution in [0.5, 0.6) is 0 Å². The number of carbonyl (C=O) groups excluding carboxylic acids is 1. The number of amides is 1. The number of hydrogen-bond donors (Lipinski definition) is 2. The van der Waals surface area contributed by atoms with Crippen LogP contribution in [0.2, 0.25) is 0 Å². The summed E-state index contributed by atoms with van der Waals surface area (Å²) in [6, 6.07) is 27.7. The molecule has 0 aliphatic carbocycles. The Morgan fingerprint density at radius 2 is 1.29 bits per heavy atom. The van der Waals surface area contributed by atoms with Gasteiger partial charge in [0.15, 0.2) is 5.60 Å². The van der Waals surface area contributed by atoms with Crippen molar-refractivity contribution in [2.45, 2.75) is 12.0 Å². The number of carbonyl (C=O) groups is 1. The third-order valence-electron chi connectivity index (χ3n) is 3.96. The van der Waals surface area contributed by atoms with Crippen molar-refractivity contribution in [3.05, 3.63) is 102 Å². The van der Waals surface area contributed by atoms with Crippen molar-refractivity contribution in [1.82, 2.24) is 0 Å². The van der Waals surface area contributed by atoms with Gasteiger partial charge in [-0.25, -0.2) is 0 Å². The zero-order valence-electron chi connectivity index (χ0n) is 13.2. The molecule has 3 rings (SSSR count). The number of para-hydroxylation sites is 1. The highest BCUT2D eigenvalue weighted by Gasteiger charge is 2.38. The molecule has 2 N–H and O–H groups in total. The van der Waals surface area contributed by atoms with Crippen molar-refractivity contribution in [3.8, 4) is 0 Å². The van der Waals surface area contributed by atoms with Gasteiger partial charge in [0.1, 0.15) is 0 Å². The molecule has 0 fully saturated rings. The summed E-state index contributed by atoms with van der Waals surface area (Å²) < 4.78 is 0. The van der Waals surface area contributed by atoms with E-state index in [9.17, 15) is 9.90 Å². The Bertz CT molecular complexity index is 788. The molecule has 0 unspecified atom stereocenters. The van der Waals surface area contributed by atoms with Gasteiger partial charge in [-0.2, -0.15) is 0 Å². The fourth-order valence-electron chi connectivity index (χ4n) is 2.67. The van der Waals surface area contributed by atoms with Crippen LogP contribution < -0.4 is 5.32 Å². The monoisotopic (exact) mass is 317 g/mol. The average molecular weight is 317 g/mol. The Morgan fingerprint density at radius 3 is 1.88 bits per heavy atom. The second-order valence-corrected chi connectivity index (χ2v) is 5.71. The minimum absolute atomic E-state index is 0.205. The molecule has 120 valence electrons. The zero-order chi connectivity index (χ0) is 16.8. The molecule has 0 spiro atoms. The molecule has 0 aliphatic heterocycles. The van der Waals surface area contributed by atoms with Gasteiger partial charge < -0.3 is 10.4 Å². The maximum absolute atomic E-state index is 12.9. The van der Waals surface area contributed by atoms with Crippen LogP contribution in [0.4, 0.5) is 5.69 Å². The van der Waals surface area contributed by atoms with Gasteiger partial charge in [0.2, 0.25) is 0 Å². The van der Waals surface area contributed by atoms with E-state index in [2.05, 4.69) is 5.32 Å². The molecule has 0 heterocycles. The molecule has 3 aromatic carbocycles. The van der Waals surface area contributed by atoms with Gasteiger partial charge in [-0.1, -0.05) is 78.9 Å². The standard InChI is InChI=1S/C21H19NO2/c23-20(22-19-14-8-3-9-15-19)21(24,18-12-6-2-7-13-18)16-17-10-4-1-5-11-17/h1-15,24H,16H2,(H,22,23)/t21-/m0/s1. The van der Waals surface area contributed by atoms with Crippen LogP contribution in [0.1, 0.15) is 11.1 Å². The SMILES string of the molecule is O=C(Nc1ccccc1)[C@](O)(Cc1ccccc1)c1ccccc1. The quantitative estimate of drug-likeness (QED) is 0.753. The first kappa shape index (κ1) is 16.0. The van der Waals surface area contributed by atoms with Gasteiger partial charge in [-0.15, -0.1) is 0 Å². The lowest BCUT2D eigenvalue weighted by atomic mass is 9.86. The van der Waals surface area contributed by atoms with Crippen LogP contribution in [-0.4, -0.2) is 11.0 Å². The number of anilines is 1. The molecular weight excluding hydrogens is 298 g/mol. The van der Waals surface area contributed by atoms with E-state index in [1.165, 1.54) is 0 Å². The summed E-state index contributed by atoms with van der Waals surface area (Å²) in [7, 11) is 0. The molecular formula is C21H19NO2. The second kappa shape index (κ2) is 7.11. The van der Waals surface area contributed by atoms with Gasteiger partial charge in [-0.3, -0.25) is 4.79 Å². The van der Waals surface area contributed by atoms with E-state index in [1.54, 1.807) is 24.3 Å². The summed E-state index contributed by atoms with van der Waals surface area (Å²) in [6.07, 6.45) is 0.205. The van der Waals surface area contributed by atoms with E-state index < -0.39 is 11.5 Å². The zero-order valence-corrected chi connectivity index (χ0v) is 13.2. The van der Waals surface area contributed by atoms with Crippen molar-refractivity contribution >= 4 is 11.6 Å². The summed E-state index contributed by atoms with van der Waals surface area (Å²) in [5.74, 6) is -0.441. The van der Waals surface area contributed by atoms with E-state index in [4.69, 9.17) is 0 Å². The summed E-state index contributed by atoms with van der Waals surface area (Å²) in [5.41, 5.74) is 0.484. The fourth-order valence-corrected chi connectivity index (χ4v) is 2.67. The van der Waals surface area contributed by atoms with Gasteiger partial charge in [0.05, 0.1) is 0 Å². The molecule has 0 saturated carbocycles. The molecule has 0 aliphatic rings. The molecule has 0 radical (unpaired) electrons. The lowest BCUT2D eigenvalue weighted by Crippen LogP contribution is -2.42. The van der Waals surface area contributed by atoms with Crippen LogP contribution in [0.3, 0.4) is 0 Å². The molecule has 3 aromatic rings. The molecule has 3 nitrogen and oxygen atoms in total. The highest BCUT2D eigenvalue weighted by atomic mass is 16.3. The Balaban J connectivity index is 1.94. The minimum Gasteiger partial charge on any atom is -0.375 e. The normalized spacial score (nSPS) is 13.0. The molecule has 1 atom stereocenters. The number of benzene rings is 3. The van der Waals surface area contributed by atoms with Crippen molar-refractivity contribution in [2.24, 2.45) is 0 Å². The third-order valence-corrected chi connectivity index (χ3v) is 3.96. The van der Waals surface area contributed by atoms with Crippen molar-refractivity contribution in [3.63, 3.8) is 0 Å². The summed E-state index contributed by atoms with van der Waals surface area (Å²) >= 11 is 0. The van der Waals surface area contributed by atoms with Crippen LogP contribution in [-0.2, 0) is 16.8 Å². The van der Waals surface area contributed by atoms with Gasteiger partial charge in [-0.05, 0) is 23.3 Å². The average Bonchev–Trinajstić information content (AvgIpc) is 2.64. The Hall–Kier alpha value is -2.91. The maximum atomic E-state index is 12.9. The minimum atomic E-state index is -1.64. The van der Waals surface area contributed by atoms with Crippen molar-refractivity contribution in [2.75, 3.05) is 5.32 Å². The number of aliphatic hydroxyl groups is 1. The first-order chi connectivity index (χ1) is 11.7. The smallest absolute Gasteiger partial charge is 0.261 e. The van der Waals surface area contributed by atoms with Crippen molar-refractivity contribution < 1.29 is 9.90 Å². The topological polar surface area (TPSA) is 49.3 Å². The van der Waals surface area contributed by atoms with Gasteiger partial charge in [0, 0.05) is 12.1 Å². The predicted octanol–water partition coefficient (Wildman–Crippen LogP) is 3.76. The Labute approximate surface area is 141 Å². The number of hydrogen-bond acceptors (Lipinski definition) is 2. The Kier molecular flexibility index (Phi) is 4.73. The van der Waals surface area contributed by atoms with Crippen LogP contribution in [0.15, 0.2) is 91.0 Å². The molecule has 1 amide bonds. The molecule has 3 heteroatoms. The van der Waals surface area contributed by atoms with E-state index in [1.807, 2.05) is 66.7 Å². The fraction of sp³-hybridized carbons (Fsp3) is 0.0952. The first-order valence-corrected chi connectivity index (χ1v) is 7.87. The van der Waals surface area contributed by atoms with Crippen molar-refractivity contribution in [1.29, 1.82) is 0 Å². The molecule has 0 bridgehead atoms. The molecule has 0 aromatic heterocycles. The van der Waals surface area contributed by atoms with Gasteiger partial charge in [0.25, 0.3) is 5.91 Å². The van der Waals surface area contributed by atoms with Gasteiger partial charge >= 0.3 is 0 Å². The van der Waals surface area contributed by atoms with Crippen LogP contribution >= 0.6 is 0 Å². The summed E-state index contributed by atoms with van der Waals surface area (Å²) in [6.45, 7) is 0. The number of nitrogens with one attached hydrogen (secondary N) is 1. The predicted molar refractivity (Wildman–Crippen MR) is 95.6 cm³/mol. The highest BCUT2D eigenvalue weighted by Crippen LogP contribution is 2.27. The largest absolute Gasteiger partial charge is 0.375 e. The third kappa shape index (κ3) is 3.53. The summed E-state index contributed by atoms with van der Waals surface area (Å²) in [5, 5.41) is 14.1. The van der Waals surface area contributed by atoms with E-state index in [0.29, 0.717) is 11.3 Å². The first-order valence-electron chi connectivity index (χ1n) is 7.87. The van der Waals surface area contributed by atoms with E-state index >= 15 is 0 Å². The maximum Gasteiger partial charge on any atom is 0.261 e. The molecule has 0 saturated heterocycles. The summed E-state index contributed by atoms with van der Waals surface area (Å²) in [4.78, 5) is 12.9. The lowest BCUT2D eigenvalue weighted by Gasteiger charge is -2.27. The van der Waals surface area contributed by atoms with E-state index in [0.717, 1.165) is 5.56 Å². The highest BCUT2D eigenvalue weighted by molar-refractivity contribution is 5.98. The van der Waals surface area contributed by atoms with Crippen LogP contribution in [0, 0.1) is 0 Å². The molecule has 24 heavy (non-hydrogen) atoms. The van der Waals surface area contributed by atoms with Crippen LogP contribution in [0.25, 0.3) is 0 Å². The Morgan fingerprint density at radius 1 is 0.792 bits per heavy atom. The lowest BCUT2D eigenvalue weighted by molar-refractivity contribution is -0.135.